The van der Waals surface area contributed by atoms with Gasteiger partial charge in [0.25, 0.3) is 5.91 Å². The lowest BCUT2D eigenvalue weighted by Gasteiger charge is -2.15. The van der Waals surface area contributed by atoms with Crippen LogP contribution in [0.15, 0.2) is 66.7 Å². The molecule has 1 aromatic heterocycles. The number of Topliss-reactive ketones (excluding diaryl/α,β-unsaturated/α-hetero) is 1. The molecule has 4 rings (SSSR count). The number of hydrogen-bond donors (Lipinski definition) is 2. The number of anilines is 1. The Morgan fingerprint density at radius 3 is 2.21 bits per heavy atom. The van der Waals surface area contributed by atoms with E-state index in [1.807, 2.05) is 18.2 Å². The summed E-state index contributed by atoms with van der Waals surface area (Å²) in [4.78, 5) is 42.1. The van der Waals surface area contributed by atoms with Crippen LogP contribution < -0.4 is 24.8 Å². The van der Waals surface area contributed by atoms with Crippen molar-refractivity contribution in [3.05, 3.63) is 77.9 Å². The van der Waals surface area contributed by atoms with Crippen LogP contribution in [0, 0.1) is 0 Å². The summed E-state index contributed by atoms with van der Waals surface area (Å²) < 4.78 is 16.3. The molecule has 0 atom stereocenters. The van der Waals surface area contributed by atoms with Gasteiger partial charge in [0.2, 0.25) is 11.7 Å². The minimum atomic E-state index is -0.440. The molecule has 9 nitrogen and oxygen atoms in total. The van der Waals surface area contributed by atoms with Crippen LogP contribution in [0.1, 0.15) is 27.6 Å². The molecule has 0 aliphatic heterocycles. The van der Waals surface area contributed by atoms with Gasteiger partial charge in [0, 0.05) is 22.2 Å². The smallest absolute Gasteiger partial charge is 0.252 e. The van der Waals surface area contributed by atoms with E-state index in [2.05, 4.69) is 10.6 Å². The summed E-state index contributed by atoms with van der Waals surface area (Å²) >= 11 is 0. The predicted molar refractivity (Wildman–Crippen MR) is 144 cm³/mol. The van der Waals surface area contributed by atoms with Crippen molar-refractivity contribution >= 4 is 34.2 Å². The van der Waals surface area contributed by atoms with Crippen LogP contribution in [0.25, 0.3) is 22.2 Å². The van der Waals surface area contributed by atoms with Crippen LogP contribution in [0.2, 0.25) is 0 Å². The Hall–Kier alpha value is -4.92. The summed E-state index contributed by atoms with van der Waals surface area (Å²) in [7, 11) is 4.57. The van der Waals surface area contributed by atoms with E-state index in [-0.39, 0.29) is 12.3 Å². The van der Waals surface area contributed by atoms with Crippen LogP contribution in [0.5, 0.6) is 17.2 Å². The lowest BCUT2D eigenvalue weighted by Crippen LogP contribution is -2.33. The summed E-state index contributed by atoms with van der Waals surface area (Å²) in [5.74, 6) is 0.369. The highest BCUT2D eigenvalue weighted by Gasteiger charge is 2.18. The third-order valence-corrected chi connectivity index (χ3v) is 5.88. The number of para-hydroxylation sites is 1. The molecule has 0 unspecified atom stereocenters. The number of ketones is 1. The van der Waals surface area contributed by atoms with Gasteiger partial charge in [0.1, 0.15) is 0 Å². The van der Waals surface area contributed by atoms with E-state index < -0.39 is 11.8 Å². The van der Waals surface area contributed by atoms with Gasteiger partial charge < -0.3 is 24.8 Å². The van der Waals surface area contributed by atoms with E-state index in [1.165, 1.54) is 28.3 Å². The number of rotatable bonds is 9. The van der Waals surface area contributed by atoms with Crippen molar-refractivity contribution in [1.29, 1.82) is 0 Å². The third kappa shape index (κ3) is 5.57. The van der Waals surface area contributed by atoms with Gasteiger partial charge in [-0.3, -0.25) is 14.4 Å². The number of aromatic nitrogens is 1. The van der Waals surface area contributed by atoms with E-state index in [9.17, 15) is 14.4 Å². The number of ether oxygens (including phenoxy) is 3. The number of nitrogens with one attached hydrogen (secondary N) is 2. The molecule has 0 saturated carbocycles. The van der Waals surface area contributed by atoms with Crippen LogP contribution in [0.4, 0.5) is 5.69 Å². The third-order valence-electron chi connectivity index (χ3n) is 5.88. The average molecular weight is 514 g/mol. The zero-order chi connectivity index (χ0) is 27.2. The van der Waals surface area contributed by atoms with Gasteiger partial charge in [0.05, 0.1) is 44.6 Å². The van der Waals surface area contributed by atoms with Crippen molar-refractivity contribution in [3.8, 4) is 28.5 Å². The number of hydrogen-bond acceptors (Lipinski definition) is 7. The summed E-state index contributed by atoms with van der Waals surface area (Å²) in [5, 5.41) is 6.01. The molecule has 0 saturated heterocycles. The van der Waals surface area contributed by atoms with Crippen molar-refractivity contribution in [2.24, 2.45) is 0 Å². The van der Waals surface area contributed by atoms with Crippen molar-refractivity contribution in [2.45, 2.75) is 6.92 Å². The molecule has 3 aromatic carbocycles. The second-order valence-electron chi connectivity index (χ2n) is 8.35. The molecule has 0 bridgehead atoms. The monoisotopic (exact) mass is 513 g/mol. The number of fused-ring (bicyclic) bond motifs is 1. The van der Waals surface area contributed by atoms with Crippen molar-refractivity contribution < 1.29 is 28.6 Å². The molecule has 4 aromatic rings. The molecule has 2 amide bonds. The Morgan fingerprint density at radius 2 is 1.55 bits per heavy atom. The normalized spacial score (nSPS) is 10.5. The van der Waals surface area contributed by atoms with E-state index in [4.69, 9.17) is 19.2 Å². The number of carbonyl (C=O) groups excluding carboxylic acids is 3. The number of carbonyl (C=O) groups is 3. The molecule has 9 heteroatoms. The van der Waals surface area contributed by atoms with Gasteiger partial charge in [-0.1, -0.05) is 30.3 Å². The Balaban J connectivity index is 1.62. The van der Waals surface area contributed by atoms with Gasteiger partial charge in [-0.2, -0.15) is 0 Å². The minimum Gasteiger partial charge on any atom is -0.493 e. The minimum absolute atomic E-state index is 0.109. The summed E-state index contributed by atoms with van der Waals surface area (Å²) in [6.07, 6.45) is 0. The number of methoxy groups -OCH3 is 3. The number of pyridine rings is 1. The van der Waals surface area contributed by atoms with Crippen molar-refractivity contribution in [3.63, 3.8) is 0 Å². The highest BCUT2D eigenvalue weighted by molar-refractivity contribution is 6.08. The first-order valence-electron chi connectivity index (χ1n) is 11.7. The molecule has 194 valence electrons. The summed E-state index contributed by atoms with van der Waals surface area (Å²) in [6, 6.07) is 19.0. The Labute approximate surface area is 219 Å². The molecule has 0 radical (unpaired) electrons. The number of benzene rings is 3. The maximum Gasteiger partial charge on any atom is 0.252 e. The second kappa shape index (κ2) is 11.4. The lowest BCUT2D eigenvalue weighted by atomic mass is 10.0. The highest BCUT2D eigenvalue weighted by Crippen LogP contribution is 2.41. The van der Waals surface area contributed by atoms with Crippen LogP contribution >= 0.6 is 0 Å². The Kier molecular flexibility index (Phi) is 7.86. The highest BCUT2D eigenvalue weighted by atomic mass is 16.5. The molecular weight excluding hydrogens is 486 g/mol. The van der Waals surface area contributed by atoms with E-state index >= 15 is 0 Å². The van der Waals surface area contributed by atoms with Gasteiger partial charge in [-0.05, 0) is 43.3 Å². The number of nitrogens with zero attached hydrogens (tertiary/aromatic N) is 1. The lowest BCUT2D eigenvalue weighted by molar-refractivity contribution is -0.115. The molecule has 0 aliphatic rings. The fraction of sp³-hybridized carbons (Fsp3) is 0.172. The maximum absolute atomic E-state index is 13.3. The van der Waals surface area contributed by atoms with Crippen molar-refractivity contribution in [1.82, 2.24) is 10.3 Å². The van der Waals surface area contributed by atoms with Gasteiger partial charge in [0.15, 0.2) is 17.3 Å². The van der Waals surface area contributed by atoms with Gasteiger partial charge >= 0.3 is 0 Å². The zero-order valence-corrected chi connectivity index (χ0v) is 21.5. The topological polar surface area (TPSA) is 116 Å². The second-order valence-corrected chi connectivity index (χ2v) is 8.35. The van der Waals surface area contributed by atoms with Crippen LogP contribution in [0.3, 0.4) is 0 Å². The molecule has 0 fully saturated rings. The number of amides is 2. The van der Waals surface area contributed by atoms with Gasteiger partial charge in [-0.25, -0.2) is 4.98 Å². The van der Waals surface area contributed by atoms with Crippen LogP contribution in [-0.2, 0) is 4.79 Å². The molecule has 0 aliphatic carbocycles. The van der Waals surface area contributed by atoms with E-state index in [1.54, 1.807) is 48.5 Å². The average Bonchev–Trinajstić information content (AvgIpc) is 2.94. The summed E-state index contributed by atoms with van der Waals surface area (Å²) in [6.45, 7) is 1.19. The van der Waals surface area contributed by atoms with Crippen molar-refractivity contribution in [2.75, 3.05) is 33.2 Å². The molecule has 2 N–H and O–H groups in total. The van der Waals surface area contributed by atoms with Crippen LogP contribution in [-0.4, -0.2) is 50.5 Å². The summed E-state index contributed by atoms with van der Waals surface area (Å²) in [5.41, 5.74) is 3.08. The molecule has 0 spiro atoms. The van der Waals surface area contributed by atoms with Gasteiger partial charge in [-0.15, -0.1) is 0 Å². The van der Waals surface area contributed by atoms with E-state index in [0.717, 1.165) is 0 Å². The Bertz CT molecular complexity index is 1510. The van der Waals surface area contributed by atoms with E-state index in [0.29, 0.717) is 56.2 Å². The SMILES string of the molecule is COc1cc(-c2cc(C(=O)NCC(=O)Nc3cccc(C(C)=O)c3)c3ccccc3n2)cc(OC)c1OC. The fourth-order valence-electron chi connectivity index (χ4n) is 4.02. The quantitative estimate of drug-likeness (QED) is 0.317. The predicted octanol–water partition coefficient (Wildman–Crippen LogP) is 4.50. The fourth-order valence-corrected chi connectivity index (χ4v) is 4.02. The zero-order valence-electron chi connectivity index (χ0n) is 21.5. The Morgan fingerprint density at radius 1 is 0.842 bits per heavy atom. The molecular formula is C29H27N3O6. The standard InChI is InChI=1S/C29H27N3O6/c1-17(33)18-8-7-9-20(12-18)31-27(34)16-30-29(35)22-15-24(32-23-11-6-5-10-21(22)23)19-13-25(36-2)28(38-4)26(14-19)37-3/h5-15H,16H2,1-4H3,(H,30,35)(H,31,34). The first kappa shape index (κ1) is 26.2. The maximum atomic E-state index is 13.3. The molecule has 1 heterocycles. The largest absolute Gasteiger partial charge is 0.493 e. The first-order chi connectivity index (χ1) is 18.3. The molecule has 38 heavy (non-hydrogen) atoms. The first-order valence-corrected chi connectivity index (χ1v) is 11.7.